The van der Waals surface area contributed by atoms with E-state index in [4.69, 9.17) is 5.11 Å². The summed E-state index contributed by atoms with van der Waals surface area (Å²) >= 11 is 0. The number of aliphatic hydroxyl groups is 1. The first-order valence-corrected chi connectivity index (χ1v) is 7.00. The maximum Gasteiger partial charge on any atom is 0.128 e. The number of nitrogens with one attached hydrogen (secondary N) is 1. The molecule has 1 unspecified atom stereocenters. The van der Waals surface area contributed by atoms with Crippen LogP contribution in [0.3, 0.4) is 0 Å². The number of likely N-dealkylation sites (N-methyl/N-ethyl adjacent to an activating group) is 1. The molecule has 0 bridgehead atoms. The zero-order valence-electron chi connectivity index (χ0n) is 11.6. The summed E-state index contributed by atoms with van der Waals surface area (Å²) in [6, 6.07) is 6.27. The third-order valence-corrected chi connectivity index (χ3v) is 3.77. The Hall–Kier alpha value is -1.17. The molecule has 0 saturated carbocycles. The Balaban J connectivity index is 1.74. The van der Waals surface area contributed by atoms with Gasteiger partial charge in [-0.1, -0.05) is 6.07 Å². The summed E-state index contributed by atoms with van der Waals surface area (Å²) in [6.45, 7) is 5.45. The molecule has 2 N–H and O–H groups in total. The Morgan fingerprint density at radius 2 is 2.11 bits per heavy atom. The quantitative estimate of drug-likeness (QED) is 0.767. The highest BCUT2D eigenvalue weighted by Crippen LogP contribution is 2.12. The van der Waals surface area contributed by atoms with Crippen molar-refractivity contribution in [3.05, 3.63) is 24.4 Å². The molecule has 1 aliphatic rings. The topological polar surface area (TPSA) is 51.6 Å². The van der Waals surface area contributed by atoms with Crippen molar-refractivity contribution in [1.82, 2.24) is 15.2 Å². The van der Waals surface area contributed by atoms with Crippen LogP contribution >= 0.6 is 0 Å². The number of hydrogen-bond acceptors (Lipinski definition) is 5. The van der Waals surface area contributed by atoms with Gasteiger partial charge in [-0.05, 0) is 32.1 Å². The van der Waals surface area contributed by atoms with Gasteiger partial charge in [-0.15, -0.1) is 0 Å². The Bertz CT molecular complexity index is 348. The normalized spacial score (nSPS) is 18.5. The molecule has 1 aromatic rings. The molecule has 5 heteroatoms. The van der Waals surface area contributed by atoms with Crippen molar-refractivity contribution in [2.24, 2.45) is 0 Å². The summed E-state index contributed by atoms with van der Waals surface area (Å²) in [4.78, 5) is 9.18. The molecule has 106 valence electrons. The number of piperazine rings is 1. The fourth-order valence-electron chi connectivity index (χ4n) is 2.41. The van der Waals surface area contributed by atoms with E-state index in [-0.39, 0.29) is 12.6 Å². The Morgan fingerprint density at radius 3 is 2.68 bits per heavy atom. The second-order valence-corrected chi connectivity index (χ2v) is 4.97. The first-order valence-electron chi connectivity index (χ1n) is 7.00. The summed E-state index contributed by atoms with van der Waals surface area (Å²) in [5.41, 5.74) is 0. The molecule has 1 aromatic heterocycles. The average molecular weight is 264 g/mol. The van der Waals surface area contributed by atoms with E-state index in [0.29, 0.717) is 0 Å². The van der Waals surface area contributed by atoms with E-state index in [1.54, 1.807) is 0 Å². The lowest BCUT2D eigenvalue weighted by atomic mass is 10.2. The Morgan fingerprint density at radius 1 is 1.32 bits per heavy atom. The third kappa shape index (κ3) is 4.16. The molecule has 0 radical (unpaired) electrons. The van der Waals surface area contributed by atoms with Crippen molar-refractivity contribution in [2.45, 2.75) is 12.5 Å². The second-order valence-electron chi connectivity index (χ2n) is 4.97. The van der Waals surface area contributed by atoms with E-state index in [9.17, 15) is 0 Å². The highest BCUT2D eigenvalue weighted by molar-refractivity contribution is 5.38. The smallest absolute Gasteiger partial charge is 0.128 e. The molecule has 0 aromatic carbocycles. The molecular weight excluding hydrogens is 240 g/mol. The van der Waals surface area contributed by atoms with Crippen LogP contribution in [0.1, 0.15) is 6.42 Å². The molecule has 1 aliphatic heterocycles. The number of aromatic nitrogens is 1. The summed E-state index contributed by atoms with van der Waals surface area (Å²) in [6.07, 6.45) is 2.84. The van der Waals surface area contributed by atoms with Crippen molar-refractivity contribution in [3.63, 3.8) is 0 Å². The molecule has 2 heterocycles. The number of hydrogen-bond donors (Lipinski definition) is 2. The van der Waals surface area contributed by atoms with Gasteiger partial charge in [0.15, 0.2) is 0 Å². The SMILES string of the molecule is CNC(CO)CCN1CCN(c2ccccn2)CC1. The van der Waals surface area contributed by atoms with Crippen LogP contribution in [0, 0.1) is 0 Å². The number of aliphatic hydroxyl groups excluding tert-OH is 1. The van der Waals surface area contributed by atoms with Crippen LogP contribution in [0.25, 0.3) is 0 Å². The van der Waals surface area contributed by atoms with Crippen molar-refractivity contribution in [2.75, 3.05) is 51.3 Å². The lowest BCUT2D eigenvalue weighted by Gasteiger charge is -2.35. The van der Waals surface area contributed by atoms with E-state index < -0.39 is 0 Å². The van der Waals surface area contributed by atoms with Crippen LogP contribution < -0.4 is 10.2 Å². The summed E-state index contributed by atoms with van der Waals surface area (Å²) < 4.78 is 0. The summed E-state index contributed by atoms with van der Waals surface area (Å²) in [5, 5.41) is 12.3. The molecule has 0 spiro atoms. The van der Waals surface area contributed by atoms with E-state index >= 15 is 0 Å². The number of anilines is 1. The van der Waals surface area contributed by atoms with Crippen molar-refractivity contribution in [1.29, 1.82) is 0 Å². The van der Waals surface area contributed by atoms with Crippen LogP contribution in [0.15, 0.2) is 24.4 Å². The van der Waals surface area contributed by atoms with E-state index in [1.807, 2.05) is 25.4 Å². The molecule has 5 nitrogen and oxygen atoms in total. The van der Waals surface area contributed by atoms with E-state index in [1.165, 1.54) is 0 Å². The first kappa shape index (κ1) is 14.2. The molecule has 1 saturated heterocycles. The van der Waals surface area contributed by atoms with Crippen molar-refractivity contribution in [3.8, 4) is 0 Å². The van der Waals surface area contributed by atoms with Gasteiger partial charge >= 0.3 is 0 Å². The average Bonchev–Trinajstić information content (AvgIpc) is 2.50. The predicted molar refractivity (Wildman–Crippen MR) is 77.4 cm³/mol. The standard InChI is InChI=1S/C14H24N4O/c1-15-13(12-19)5-7-17-8-10-18(11-9-17)14-4-2-3-6-16-14/h2-4,6,13,15,19H,5,7-12H2,1H3. The van der Waals surface area contributed by atoms with E-state index in [0.717, 1.165) is 45.0 Å². The zero-order chi connectivity index (χ0) is 13.5. The molecule has 1 fully saturated rings. The molecule has 1 atom stereocenters. The molecule has 19 heavy (non-hydrogen) atoms. The van der Waals surface area contributed by atoms with Crippen LogP contribution in [-0.4, -0.2) is 67.4 Å². The lowest BCUT2D eigenvalue weighted by Crippen LogP contribution is -2.48. The number of pyridine rings is 1. The fourth-order valence-corrected chi connectivity index (χ4v) is 2.41. The van der Waals surface area contributed by atoms with Gasteiger partial charge in [0.1, 0.15) is 5.82 Å². The Kier molecular flexibility index (Phi) is 5.57. The maximum atomic E-state index is 9.15. The minimum absolute atomic E-state index is 0.213. The van der Waals surface area contributed by atoms with Crippen molar-refractivity contribution >= 4 is 5.82 Å². The largest absolute Gasteiger partial charge is 0.395 e. The van der Waals surface area contributed by atoms with Crippen LogP contribution in [0.2, 0.25) is 0 Å². The minimum Gasteiger partial charge on any atom is -0.395 e. The van der Waals surface area contributed by atoms with Gasteiger partial charge in [0.2, 0.25) is 0 Å². The minimum atomic E-state index is 0.213. The zero-order valence-corrected chi connectivity index (χ0v) is 11.6. The Labute approximate surface area is 115 Å². The highest BCUT2D eigenvalue weighted by Gasteiger charge is 2.18. The van der Waals surface area contributed by atoms with Gasteiger partial charge in [-0.3, -0.25) is 4.90 Å². The number of rotatable bonds is 6. The van der Waals surface area contributed by atoms with Crippen LogP contribution in [-0.2, 0) is 0 Å². The van der Waals surface area contributed by atoms with Gasteiger partial charge < -0.3 is 15.3 Å². The third-order valence-electron chi connectivity index (χ3n) is 3.77. The van der Waals surface area contributed by atoms with Gasteiger partial charge in [0, 0.05) is 38.4 Å². The molecule has 0 aliphatic carbocycles. The second kappa shape index (κ2) is 7.43. The summed E-state index contributed by atoms with van der Waals surface area (Å²) in [5.74, 6) is 1.07. The fraction of sp³-hybridized carbons (Fsp3) is 0.643. The predicted octanol–water partition coefficient (Wildman–Crippen LogP) is 0.174. The van der Waals surface area contributed by atoms with Gasteiger partial charge in [0.25, 0.3) is 0 Å². The van der Waals surface area contributed by atoms with Gasteiger partial charge in [-0.2, -0.15) is 0 Å². The monoisotopic (exact) mass is 264 g/mol. The lowest BCUT2D eigenvalue weighted by molar-refractivity contribution is 0.204. The summed E-state index contributed by atoms with van der Waals surface area (Å²) in [7, 11) is 1.90. The van der Waals surface area contributed by atoms with Crippen LogP contribution in [0.5, 0.6) is 0 Å². The van der Waals surface area contributed by atoms with Crippen LogP contribution in [0.4, 0.5) is 5.82 Å². The van der Waals surface area contributed by atoms with Crippen molar-refractivity contribution < 1.29 is 5.11 Å². The highest BCUT2D eigenvalue weighted by atomic mass is 16.3. The number of nitrogens with zero attached hydrogens (tertiary/aromatic N) is 3. The molecular formula is C14H24N4O. The molecule has 2 rings (SSSR count). The van der Waals surface area contributed by atoms with Gasteiger partial charge in [-0.25, -0.2) is 4.98 Å². The first-order chi connectivity index (χ1) is 9.33. The maximum absolute atomic E-state index is 9.15. The van der Waals surface area contributed by atoms with E-state index in [2.05, 4.69) is 26.2 Å². The molecule has 0 amide bonds. The van der Waals surface area contributed by atoms with Gasteiger partial charge in [0.05, 0.1) is 6.61 Å².